The van der Waals surface area contributed by atoms with Crippen LogP contribution < -0.4 is 0 Å². The van der Waals surface area contributed by atoms with Crippen molar-refractivity contribution in [2.24, 2.45) is 16.4 Å². The zero-order valence-electron chi connectivity index (χ0n) is 20.0. The third-order valence-electron chi connectivity index (χ3n) is 8.25. The van der Waals surface area contributed by atoms with Crippen LogP contribution in [0.15, 0.2) is 23.3 Å². The van der Waals surface area contributed by atoms with E-state index in [1.807, 2.05) is 13.8 Å². The largest absolute Gasteiger partial charge is 0.507 e. The first kappa shape index (κ1) is 26.4. The monoisotopic (exact) mass is 542 g/mol. The fourth-order valence-corrected chi connectivity index (χ4v) is 7.02. The Hall–Kier alpha value is -1.67. The highest BCUT2D eigenvalue weighted by Gasteiger charge is 2.72. The topological polar surface area (TPSA) is 120 Å². The summed E-state index contributed by atoms with van der Waals surface area (Å²) < 4.78 is 6.49. The van der Waals surface area contributed by atoms with E-state index in [-0.39, 0.29) is 29.7 Å². The van der Waals surface area contributed by atoms with Gasteiger partial charge in [-0.3, -0.25) is 9.59 Å². The normalized spacial score (nSPS) is 35.9. The molecule has 2 aliphatic carbocycles. The summed E-state index contributed by atoms with van der Waals surface area (Å²) in [6.45, 7) is 11.6. The predicted molar refractivity (Wildman–Crippen MR) is 134 cm³/mol. The van der Waals surface area contributed by atoms with Crippen LogP contribution in [-0.4, -0.2) is 48.6 Å². The van der Waals surface area contributed by atoms with Crippen molar-refractivity contribution in [1.82, 2.24) is 0 Å². The molecule has 2 fully saturated rings. The molecular weight excluding hydrogens is 515 g/mol. The minimum absolute atomic E-state index is 0.0174. The van der Waals surface area contributed by atoms with Crippen LogP contribution in [0.2, 0.25) is 0 Å². The van der Waals surface area contributed by atoms with E-state index < -0.39 is 61.2 Å². The Morgan fingerprint density at radius 1 is 1.11 bits per heavy atom. The van der Waals surface area contributed by atoms with E-state index in [4.69, 9.17) is 45.1 Å². The molecule has 1 heterocycles. The van der Waals surface area contributed by atoms with Gasteiger partial charge in [0.2, 0.25) is 0 Å². The lowest BCUT2D eigenvalue weighted by Crippen LogP contribution is -2.73. The Labute approximate surface area is 219 Å². The zero-order chi connectivity index (χ0) is 26.3. The van der Waals surface area contributed by atoms with Crippen LogP contribution in [0, 0.1) is 16.9 Å². The van der Waals surface area contributed by atoms with E-state index >= 15 is 0 Å². The second kappa shape index (κ2) is 8.17. The first-order valence-electron chi connectivity index (χ1n) is 11.5. The highest BCUT2D eigenvalue weighted by atomic mass is 35.5. The molecule has 3 aliphatic rings. The first-order chi connectivity index (χ1) is 16.0. The van der Waals surface area contributed by atoms with Crippen molar-refractivity contribution < 1.29 is 24.5 Å². The first-order valence-corrected chi connectivity index (χ1v) is 12.7. The number of phenols is 2. The van der Waals surface area contributed by atoms with Gasteiger partial charge >= 0.3 is 0 Å². The number of alkyl halides is 3. The average Bonchev–Trinajstić information content (AvgIpc) is 2.75. The molecule has 0 radical (unpaired) electrons. The van der Waals surface area contributed by atoms with Gasteiger partial charge in [0.1, 0.15) is 22.1 Å². The second-order valence-electron chi connectivity index (χ2n) is 11.0. The van der Waals surface area contributed by atoms with Crippen molar-refractivity contribution in [3.05, 3.63) is 29.3 Å². The van der Waals surface area contributed by atoms with Crippen molar-refractivity contribution in [3.8, 4) is 11.5 Å². The highest BCUT2D eigenvalue weighted by Crippen LogP contribution is 2.61. The van der Waals surface area contributed by atoms with Gasteiger partial charge in [0.05, 0.1) is 22.1 Å². The molecule has 1 saturated heterocycles. The van der Waals surface area contributed by atoms with Gasteiger partial charge in [-0.2, -0.15) is 5.11 Å². The maximum atomic E-state index is 14.4. The number of benzene rings is 1. The number of aromatic hydroxyl groups is 2. The van der Waals surface area contributed by atoms with E-state index in [0.717, 1.165) is 18.1 Å². The number of ketones is 2. The molecule has 1 saturated carbocycles. The standard InChI is InChI=1S/C25H29Cl3N2O5/c1-11-6-7-15(26)22(2,3)12(11)9-25-21(34)18-17(13(31)8-14(32)19(18)30-29)20(33)24(25,28)10-16(27)23(4,5)35-25/h8,12,15-16,29,31-32H,1,6-7,9-10H2,2-5H3. The molecule has 7 nitrogen and oxygen atoms in total. The summed E-state index contributed by atoms with van der Waals surface area (Å²) in [5.74, 6) is -3.09. The Bertz CT molecular complexity index is 1170. The molecule has 190 valence electrons. The third-order valence-corrected chi connectivity index (χ3v) is 10.3. The van der Waals surface area contributed by atoms with Gasteiger partial charge in [-0.05, 0) is 50.9 Å². The van der Waals surface area contributed by atoms with Crippen molar-refractivity contribution in [3.63, 3.8) is 0 Å². The number of Topliss-reactive ketones (excluding diaryl/α,β-unsaturated/α-hetero) is 2. The summed E-state index contributed by atoms with van der Waals surface area (Å²) in [7, 11) is 0. The van der Waals surface area contributed by atoms with Gasteiger partial charge in [-0.25, -0.2) is 5.53 Å². The molecule has 4 rings (SSSR count). The Morgan fingerprint density at radius 2 is 1.74 bits per heavy atom. The number of carbonyl (C=O) groups is 2. The summed E-state index contributed by atoms with van der Waals surface area (Å²) in [5.41, 5.74) is 3.71. The van der Waals surface area contributed by atoms with Crippen LogP contribution in [0.5, 0.6) is 11.5 Å². The van der Waals surface area contributed by atoms with E-state index in [2.05, 4.69) is 11.7 Å². The Kier molecular flexibility index (Phi) is 6.16. The molecule has 1 aliphatic heterocycles. The molecule has 5 unspecified atom stereocenters. The van der Waals surface area contributed by atoms with Crippen LogP contribution in [0.3, 0.4) is 0 Å². The number of nitrogens with zero attached hydrogens (tertiary/aromatic N) is 1. The summed E-state index contributed by atoms with van der Waals surface area (Å²) in [5, 5.41) is 23.3. The molecule has 5 atom stereocenters. The van der Waals surface area contributed by atoms with E-state index in [1.165, 1.54) is 0 Å². The summed E-state index contributed by atoms with van der Waals surface area (Å²) in [4.78, 5) is 26.5. The maximum Gasteiger partial charge on any atom is 0.200 e. The lowest BCUT2D eigenvalue weighted by atomic mass is 9.56. The van der Waals surface area contributed by atoms with Crippen LogP contribution in [0.4, 0.5) is 5.69 Å². The second-order valence-corrected chi connectivity index (χ2v) is 12.7. The third kappa shape index (κ3) is 3.49. The number of rotatable bonds is 3. The fourth-order valence-electron chi connectivity index (χ4n) is 5.96. The number of fused-ring (bicyclic) bond motifs is 2. The van der Waals surface area contributed by atoms with Crippen molar-refractivity contribution >= 4 is 52.1 Å². The van der Waals surface area contributed by atoms with Crippen molar-refractivity contribution in [2.45, 2.75) is 80.2 Å². The molecule has 0 amide bonds. The van der Waals surface area contributed by atoms with Gasteiger partial charge in [0, 0.05) is 11.4 Å². The van der Waals surface area contributed by atoms with Gasteiger partial charge in [0.25, 0.3) is 0 Å². The van der Waals surface area contributed by atoms with Gasteiger partial charge < -0.3 is 14.9 Å². The van der Waals surface area contributed by atoms with E-state index in [0.29, 0.717) is 6.42 Å². The maximum absolute atomic E-state index is 14.4. The number of halogens is 3. The molecule has 35 heavy (non-hydrogen) atoms. The molecule has 1 aromatic carbocycles. The Morgan fingerprint density at radius 3 is 2.34 bits per heavy atom. The highest BCUT2D eigenvalue weighted by molar-refractivity contribution is 6.45. The van der Waals surface area contributed by atoms with Gasteiger partial charge in [-0.15, -0.1) is 34.8 Å². The number of carbonyl (C=O) groups excluding carboxylic acids is 2. The lowest BCUT2D eigenvalue weighted by Gasteiger charge is -2.59. The Balaban J connectivity index is 2.04. The van der Waals surface area contributed by atoms with E-state index in [1.54, 1.807) is 13.8 Å². The number of allylic oxidation sites excluding steroid dienone is 1. The molecule has 3 N–H and O–H groups in total. The fraction of sp³-hybridized carbons (Fsp3) is 0.600. The molecule has 0 spiro atoms. The quantitative estimate of drug-likeness (QED) is 0.224. The minimum Gasteiger partial charge on any atom is -0.507 e. The van der Waals surface area contributed by atoms with Crippen LogP contribution >= 0.6 is 34.8 Å². The number of ether oxygens (including phenoxy) is 1. The summed E-state index contributed by atoms with van der Waals surface area (Å²) in [6.07, 6.45) is 1.24. The molecule has 0 bridgehead atoms. The van der Waals surface area contributed by atoms with Crippen molar-refractivity contribution in [2.75, 3.05) is 0 Å². The summed E-state index contributed by atoms with van der Waals surface area (Å²) >= 11 is 20.5. The number of nitrogens with one attached hydrogen (secondary N) is 1. The van der Waals surface area contributed by atoms with Crippen LogP contribution in [0.25, 0.3) is 0 Å². The average molecular weight is 544 g/mol. The summed E-state index contributed by atoms with van der Waals surface area (Å²) in [6, 6.07) is 0.876. The van der Waals surface area contributed by atoms with Gasteiger partial charge in [0.15, 0.2) is 17.2 Å². The van der Waals surface area contributed by atoms with Crippen LogP contribution in [0.1, 0.15) is 74.1 Å². The number of phenolic OH excluding ortho intramolecular Hbond substituents is 2. The van der Waals surface area contributed by atoms with Crippen LogP contribution in [-0.2, 0) is 4.74 Å². The SMILES string of the molecule is C=C1CCC(Cl)C(C)(C)C1CC12OC(C)(C)C(Cl)CC1(Cl)C(=O)c1c(O)cc(O)c(N=N)c1C2=O. The predicted octanol–water partition coefficient (Wildman–Crippen LogP) is 6.65. The molecule has 0 aromatic heterocycles. The number of hydrogen-bond donors (Lipinski definition) is 3. The smallest absolute Gasteiger partial charge is 0.200 e. The number of hydrogen-bond acceptors (Lipinski definition) is 7. The van der Waals surface area contributed by atoms with Crippen molar-refractivity contribution in [1.29, 1.82) is 5.53 Å². The lowest BCUT2D eigenvalue weighted by molar-refractivity contribution is -0.169. The molecular formula is C25H29Cl3N2O5. The zero-order valence-corrected chi connectivity index (χ0v) is 22.3. The van der Waals surface area contributed by atoms with Gasteiger partial charge in [-0.1, -0.05) is 26.0 Å². The minimum atomic E-state index is -1.96. The van der Waals surface area contributed by atoms with E-state index in [9.17, 15) is 19.8 Å². The molecule has 1 aromatic rings. The molecule has 10 heteroatoms.